The number of alkyl halides is 1. The van der Waals surface area contributed by atoms with Gasteiger partial charge in [-0.25, -0.2) is 0 Å². The van der Waals surface area contributed by atoms with Crippen LogP contribution in [0.1, 0.15) is 0 Å². The molecule has 0 aliphatic rings. The third kappa shape index (κ3) is 2.50. The Hall–Kier alpha value is 0.210. The summed E-state index contributed by atoms with van der Waals surface area (Å²) in [5, 5.41) is 0. The standard InChI is InChI=1S/C5H13ClN2/c1-7(2)5(6)8(3)4/h5H,1-4H3. The molecule has 0 saturated heterocycles. The SMILES string of the molecule is CN(C)C(Cl)N(C)C. The van der Waals surface area contributed by atoms with Crippen molar-refractivity contribution in [3.63, 3.8) is 0 Å². The van der Waals surface area contributed by atoms with Crippen molar-refractivity contribution in [2.75, 3.05) is 28.2 Å². The predicted octanol–water partition coefficient (Wildman–Crippen LogP) is 0.632. The van der Waals surface area contributed by atoms with Crippen molar-refractivity contribution in [3.05, 3.63) is 0 Å². The van der Waals surface area contributed by atoms with E-state index in [1.165, 1.54) is 0 Å². The molecule has 0 aliphatic heterocycles. The molecular formula is C5H13ClN2. The number of nitrogens with zero attached hydrogens (tertiary/aromatic N) is 2. The van der Waals surface area contributed by atoms with E-state index in [9.17, 15) is 0 Å². The maximum absolute atomic E-state index is 5.80. The monoisotopic (exact) mass is 136 g/mol. The van der Waals surface area contributed by atoms with Crippen LogP contribution in [0.3, 0.4) is 0 Å². The molecule has 50 valence electrons. The topological polar surface area (TPSA) is 6.48 Å². The number of rotatable bonds is 2. The Bertz CT molecular complexity index is 55.4. The first-order chi connectivity index (χ1) is 3.55. The highest BCUT2D eigenvalue weighted by Gasteiger charge is 2.06. The lowest BCUT2D eigenvalue weighted by molar-refractivity contribution is 0.205. The Labute approximate surface area is 56.0 Å². The molecule has 0 aliphatic carbocycles. The second-order valence-corrected chi connectivity index (χ2v) is 2.63. The van der Waals surface area contributed by atoms with E-state index in [1.807, 2.05) is 38.0 Å². The van der Waals surface area contributed by atoms with Crippen molar-refractivity contribution in [1.82, 2.24) is 9.80 Å². The van der Waals surface area contributed by atoms with E-state index >= 15 is 0 Å². The largest absolute Gasteiger partial charge is 0.281 e. The van der Waals surface area contributed by atoms with Gasteiger partial charge in [0, 0.05) is 0 Å². The minimum Gasteiger partial charge on any atom is -0.281 e. The molecule has 0 spiro atoms. The summed E-state index contributed by atoms with van der Waals surface area (Å²) in [6.07, 6.45) is 0. The zero-order chi connectivity index (χ0) is 6.73. The fourth-order valence-electron chi connectivity index (χ4n) is 0.462. The van der Waals surface area contributed by atoms with Gasteiger partial charge in [-0.3, -0.25) is 9.80 Å². The second kappa shape index (κ2) is 3.28. The molecule has 0 unspecified atom stereocenters. The summed E-state index contributed by atoms with van der Waals surface area (Å²) < 4.78 is 0. The first-order valence-corrected chi connectivity index (χ1v) is 2.96. The molecule has 0 rings (SSSR count). The Kier molecular flexibility index (Phi) is 3.36. The summed E-state index contributed by atoms with van der Waals surface area (Å²) in [4.78, 5) is 3.86. The first-order valence-electron chi connectivity index (χ1n) is 2.52. The van der Waals surface area contributed by atoms with E-state index in [1.54, 1.807) is 0 Å². The van der Waals surface area contributed by atoms with Crippen molar-refractivity contribution in [2.24, 2.45) is 0 Å². The normalized spacial score (nSPS) is 12.0. The highest BCUT2D eigenvalue weighted by atomic mass is 35.5. The molecule has 0 amide bonds. The molecule has 0 aromatic rings. The zero-order valence-electron chi connectivity index (χ0n) is 5.85. The zero-order valence-corrected chi connectivity index (χ0v) is 6.61. The van der Waals surface area contributed by atoms with Gasteiger partial charge >= 0.3 is 0 Å². The maximum atomic E-state index is 5.80. The maximum Gasteiger partial charge on any atom is 0.139 e. The average Bonchev–Trinajstić information content (AvgIpc) is 1.64. The van der Waals surface area contributed by atoms with Gasteiger partial charge < -0.3 is 0 Å². The van der Waals surface area contributed by atoms with Crippen LogP contribution in [0.4, 0.5) is 0 Å². The molecule has 0 atom stereocenters. The van der Waals surface area contributed by atoms with Crippen LogP contribution in [0.5, 0.6) is 0 Å². The molecule has 8 heavy (non-hydrogen) atoms. The van der Waals surface area contributed by atoms with Crippen LogP contribution in [0, 0.1) is 0 Å². The van der Waals surface area contributed by atoms with E-state index in [4.69, 9.17) is 11.6 Å². The molecule has 0 aromatic heterocycles. The van der Waals surface area contributed by atoms with E-state index in [0.29, 0.717) is 0 Å². The van der Waals surface area contributed by atoms with Crippen LogP contribution in [0.25, 0.3) is 0 Å². The summed E-state index contributed by atoms with van der Waals surface area (Å²) >= 11 is 5.80. The van der Waals surface area contributed by atoms with Gasteiger partial charge in [0.15, 0.2) is 0 Å². The molecule has 0 fully saturated rings. The molecule has 0 aromatic carbocycles. The van der Waals surface area contributed by atoms with E-state index in [2.05, 4.69) is 0 Å². The fraction of sp³-hybridized carbons (Fsp3) is 1.00. The molecular weight excluding hydrogens is 124 g/mol. The second-order valence-electron chi connectivity index (χ2n) is 2.24. The quantitative estimate of drug-likeness (QED) is 0.312. The molecule has 3 heteroatoms. The summed E-state index contributed by atoms with van der Waals surface area (Å²) in [6.45, 7) is 0. The highest BCUT2D eigenvalue weighted by molar-refractivity contribution is 6.19. The van der Waals surface area contributed by atoms with Crippen molar-refractivity contribution in [2.45, 2.75) is 5.62 Å². The Balaban J connectivity index is 3.46. The number of halogens is 1. The van der Waals surface area contributed by atoms with Gasteiger partial charge in [0.05, 0.1) is 0 Å². The molecule has 0 radical (unpaired) electrons. The van der Waals surface area contributed by atoms with Crippen LogP contribution >= 0.6 is 11.6 Å². The van der Waals surface area contributed by atoms with Crippen molar-refractivity contribution < 1.29 is 0 Å². The lowest BCUT2D eigenvalue weighted by atomic mass is 10.8. The summed E-state index contributed by atoms with van der Waals surface area (Å²) in [5.41, 5.74) is 0.00926. The average molecular weight is 137 g/mol. The van der Waals surface area contributed by atoms with Gasteiger partial charge in [0.25, 0.3) is 0 Å². The third-order valence-corrected chi connectivity index (χ3v) is 1.63. The third-order valence-electron chi connectivity index (χ3n) is 0.852. The van der Waals surface area contributed by atoms with Crippen LogP contribution < -0.4 is 0 Å². The van der Waals surface area contributed by atoms with Gasteiger partial charge in [-0.1, -0.05) is 11.6 Å². The Morgan fingerprint density at radius 1 is 1.00 bits per heavy atom. The summed E-state index contributed by atoms with van der Waals surface area (Å²) in [5.74, 6) is 0. The van der Waals surface area contributed by atoms with Crippen LogP contribution in [-0.2, 0) is 0 Å². The van der Waals surface area contributed by atoms with Gasteiger partial charge in [0.1, 0.15) is 5.62 Å². The van der Waals surface area contributed by atoms with Crippen molar-refractivity contribution >= 4 is 11.6 Å². The van der Waals surface area contributed by atoms with Crippen LogP contribution in [0.2, 0.25) is 0 Å². The number of hydrogen-bond donors (Lipinski definition) is 0. The molecule has 0 bridgehead atoms. The van der Waals surface area contributed by atoms with Gasteiger partial charge in [0.2, 0.25) is 0 Å². The van der Waals surface area contributed by atoms with E-state index in [0.717, 1.165) is 0 Å². The minimum absolute atomic E-state index is 0.00926. The predicted molar refractivity (Wildman–Crippen MR) is 37.0 cm³/mol. The lowest BCUT2D eigenvalue weighted by Crippen LogP contribution is -2.35. The van der Waals surface area contributed by atoms with E-state index < -0.39 is 0 Å². The van der Waals surface area contributed by atoms with Gasteiger partial charge in [-0.15, -0.1) is 0 Å². The minimum atomic E-state index is 0.00926. The summed E-state index contributed by atoms with van der Waals surface area (Å²) in [6, 6.07) is 0. The summed E-state index contributed by atoms with van der Waals surface area (Å²) in [7, 11) is 7.77. The smallest absolute Gasteiger partial charge is 0.139 e. The van der Waals surface area contributed by atoms with Crippen LogP contribution in [0.15, 0.2) is 0 Å². The fourth-order valence-corrected chi connectivity index (χ4v) is 0.462. The Morgan fingerprint density at radius 3 is 1.25 bits per heavy atom. The van der Waals surface area contributed by atoms with E-state index in [-0.39, 0.29) is 5.62 Å². The molecule has 0 saturated carbocycles. The molecule has 0 N–H and O–H groups in total. The van der Waals surface area contributed by atoms with Crippen molar-refractivity contribution in [1.29, 1.82) is 0 Å². The number of hydrogen-bond acceptors (Lipinski definition) is 2. The van der Waals surface area contributed by atoms with Gasteiger partial charge in [-0.2, -0.15) is 0 Å². The van der Waals surface area contributed by atoms with Gasteiger partial charge in [-0.05, 0) is 28.2 Å². The first kappa shape index (κ1) is 8.21. The lowest BCUT2D eigenvalue weighted by Gasteiger charge is -2.23. The molecule has 0 heterocycles. The van der Waals surface area contributed by atoms with Crippen molar-refractivity contribution in [3.8, 4) is 0 Å². The van der Waals surface area contributed by atoms with Crippen LogP contribution in [-0.4, -0.2) is 43.6 Å². The highest BCUT2D eigenvalue weighted by Crippen LogP contribution is 2.00. The Morgan fingerprint density at radius 2 is 1.25 bits per heavy atom. The molecule has 2 nitrogen and oxygen atoms in total.